The molecule has 1 aliphatic carbocycles. The molecule has 0 saturated carbocycles. The Hall–Kier alpha value is -6.12. The zero-order chi connectivity index (χ0) is 41.4. The maximum atomic E-state index is 9.14. The van der Waals surface area contributed by atoms with Crippen LogP contribution in [0.15, 0.2) is 170 Å². The van der Waals surface area contributed by atoms with E-state index < -0.39 is 19.1 Å². The van der Waals surface area contributed by atoms with E-state index in [0.717, 1.165) is 16.3 Å². The first-order valence-electron chi connectivity index (χ1n) is 21.1. The molecule has 7 aromatic carbocycles. The Bertz CT molecular complexity index is 2920. The van der Waals surface area contributed by atoms with E-state index in [1.54, 1.807) is 60.7 Å². The Morgan fingerprint density at radius 2 is 1.00 bits per heavy atom. The highest BCUT2D eigenvalue weighted by Gasteiger charge is 2.35. The molecule has 0 N–H and O–H groups in total. The molecule has 1 heterocycles. The molecule has 2 heteroatoms. The molecule has 49 heavy (non-hydrogen) atoms. The first-order chi connectivity index (χ1) is 28.2. The van der Waals surface area contributed by atoms with Gasteiger partial charge in [-0.15, -0.1) is 0 Å². The highest BCUT2D eigenvalue weighted by atomic mass is 14.9. The minimum Gasteiger partial charge on any atom is -0.228 e. The van der Waals surface area contributed by atoms with E-state index in [4.69, 9.17) is 23.7 Å². The minimum atomic E-state index is -2.90. The van der Waals surface area contributed by atoms with Crippen LogP contribution in [0.2, 0.25) is 0 Å². The van der Waals surface area contributed by atoms with Crippen LogP contribution in [-0.2, 0) is 5.41 Å². The molecule has 2 nitrogen and oxygen atoms in total. The fraction of sp³-hybridized carbons (Fsp3) is 0.0638. The van der Waals surface area contributed by atoms with Crippen molar-refractivity contribution in [2.45, 2.75) is 19.1 Å². The smallest absolute Gasteiger partial charge is 0.160 e. The van der Waals surface area contributed by atoms with Gasteiger partial charge in [0.15, 0.2) is 5.82 Å². The number of benzene rings is 7. The third kappa shape index (κ3) is 4.96. The molecular weight excluding hydrogens is 593 g/mol. The molecule has 0 radical (unpaired) electrons. The molecule has 232 valence electrons. The molecule has 0 saturated heterocycles. The molecule has 0 aliphatic heterocycles. The molecule has 9 rings (SSSR count). The maximum absolute atomic E-state index is 9.14. The molecular formula is C47H34N2. The molecule has 0 fully saturated rings. The summed E-state index contributed by atoms with van der Waals surface area (Å²) in [5, 5.41) is 1.58. The van der Waals surface area contributed by atoms with E-state index in [1.165, 1.54) is 0 Å². The zero-order valence-electron chi connectivity index (χ0n) is 36.3. The van der Waals surface area contributed by atoms with Crippen LogP contribution in [0.4, 0.5) is 0 Å². The molecule has 0 amide bonds. The van der Waals surface area contributed by atoms with Gasteiger partial charge in [-0.3, -0.25) is 0 Å². The third-order valence-electron chi connectivity index (χ3n) is 9.26. The van der Waals surface area contributed by atoms with Gasteiger partial charge in [0.05, 0.1) is 16.9 Å². The predicted molar refractivity (Wildman–Crippen MR) is 204 cm³/mol. The summed E-state index contributed by atoms with van der Waals surface area (Å²) >= 11 is 0. The average Bonchev–Trinajstić information content (AvgIpc) is 3.55. The Morgan fingerprint density at radius 3 is 1.76 bits per heavy atom. The van der Waals surface area contributed by atoms with Crippen LogP contribution in [-0.4, -0.2) is 9.97 Å². The number of fused-ring (bicyclic) bond motifs is 4. The largest absolute Gasteiger partial charge is 0.228 e. The molecule has 0 spiro atoms. The fourth-order valence-electron chi connectivity index (χ4n) is 6.84. The van der Waals surface area contributed by atoms with Crippen molar-refractivity contribution >= 4 is 10.8 Å². The summed E-state index contributed by atoms with van der Waals surface area (Å²) in [5.74, 6) is 0.333. The van der Waals surface area contributed by atoms with Crippen LogP contribution in [0.1, 0.15) is 38.5 Å². The summed E-state index contributed by atoms with van der Waals surface area (Å²) in [6.07, 6.45) is 0. The Labute approximate surface area is 301 Å². The van der Waals surface area contributed by atoms with Crippen molar-refractivity contribution in [1.29, 1.82) is 0 Å². The van der Waals surface area contributed by atoms with Crippen molar-refractivity contribution in [1.82, 2.24) is 9.97 Å². The lowest BCUT2D eigenvalue weighted by molar-refractivity contribution is 0.660. The summed E-state index contributed by atoms with van der Waals surface area (Å²) in [7, 11) is 0. The van der Waals surface area contributed by atoms with Crippen LogP contribution in [0, 0.1) is 0 Å². The van der Waals surface area contributed by atoms with E-state index in [2.05, 4.69) is 0 Å². The summed E-state index contributed by atoms with van der Waals surface area (Å²) in [5.41, 5.74) is 3.74. The third-order valence-corrected chi connectivity index (χ3v) is 9.26. The average molecular weight is 637 g/mol. The zero-order valence-corrected chi connectivity index (χ0v) is 26.3. The number of rotatable bonds is 5. The molecule has 0 unspecified atom stereocenters. The Balaban J connectivity index is 1.25. The van der Waals surface area contributed by atoms with Crippen LogP contribution in [0.3, 0.4) is 0 Å². The van der Waals surface area contributed by atoms with Crippen molar-refractivity contribution in [3.63, 3.8) is 0 Å². The topological polar surface area (TPSA) is 25.8 Å². The molecule has 0 bridgehead atoms. The quantitative estimate of drug-likeness (QED) is 0.188. The number of aromatic nitrogens is 2. The van der Waals surface area contributed by atoms with Gasteiger partial charge in [-0.25, -0.2) is 9.97 Å². The van der Waals surface area contributed by atoms with Crippen molar-refractivity contribution in [2.24, 2.45) is 0 Å². The standard InChI is InChI=1S/C47H34N2/c1-47(2)42-20-12-11-19-39(42)40-26-25-35(29-43(40)47)36-27-28-41(38-18-10-9-17-37(36)38)45-30-44(48-46(49-45)34-15-7-4-8-16-34)33-23-21-32(22-24-33)31-13-5-3-6-14-31/h3-30H,1-2H3/i1D3,2D3,21D,22D,23D,24D. The van der Waals surface area contributed by atoms with Crippen LogP contribution in [0.25, 0.3) is 78.1 Å². The fourth-order valence-corrected chi connectivity index (χ4v) is 6.84. The Kier molecular flexibility index (Phi) is 4.78. The van der Waals surface area contributed by atoms with Crippen LogP contribution >= 0.6 is 0 Å². The number of hydrogen-bond donors (Lipinski definition) is 0. The van der Waals surface area contributed by atoms with Gasteiger partial charge in [0, 0.05) is 30.3 Å². The molecule has 1 aliphatic rings. The summed E-state index contributed by atoms with van der Waals surface area (Å²) in [4.78, 5) is 9.86. The van der Waals surface area contributed by atoms with Crippen molar-refractivity contribution in [3.8, 4) is 67.3 Å². The lowest BCUT2D eigenvalue weighted by atomic mass is 9.81. The second kappa shape index (κ2) is 11.5. The summed E-state index contributed by atoms with van der Waals surface area (Å²) in [6, 6.07) is 42.9. The SMILES string of the molecule is [2H]c1c([2H])c(-c2cc(-c3ccc(-c4ccc5c(c4)C(C([2H])([2H])[2H])(C([2H])([2H])[2H])c4ccccc4-5)c4ccccc34)nc(-c3ccccc3)n2)c([2H])c([2H])c1-c1ccccc1. The normalized spacial score (nSPS) is 16.3. The van der Waals surface area contributed by atoms with Crippen molar-refractivity contribution in [2.75, 3.05) is 0 Å². The maximum Gasteiger partial charge on any atom is 0.160 e. The van der Waals surface area contributed by atoms with Gasteiger partial charge in [0.1, 0.15) is 0 Å². The lowest BCUT2D eigenvalue weighted by Gasteiger charge is -2.22. The van der Waals surface area contributed by atoms with Crippen LogP contribution in [0.5, 0.6) is 0 Å². The van der Waals surface area contributed by atoms with E-state index in [9.17, 15) is 0 Å². The van der Waals surface area contributed by atoms with Gasteiger partial charge in [0.2, 0.25) is 0 Å². The Morgan fingerprint density at radius 1 is 0.429 bits per heavy atom. The molecule has 1 aromatic heterocycles. The van der Waals surface area contributed by atoms with Gasteiger partial charge in [-0.2, -0.15) is 0 Å². The van der Waals surface area contributed by atoms with Gasteiger partial charge in [0.25, 0.3) is 0 Å². The second-order valence-electron chi connectivity index (χ2n) is 12.2. The molecule has 8 aromatic rings. The first-order valence-corrected chi connectivity index (χ1v) is 16.1. The van der Waals surface area contributed by atoms with Crippen molar-refractivity contribution < 1.29 is 13.7 Å². The highest BCUT2D eigenvalue weighted by molar-refractivity contribution is 6.05. The van der Waals surface area contributed by atoms with Gasteiger partial charge in [-0.05, 0) is 67.4 Å². The second-order valence-corrected chi connectivity index (χ2v) is 12.2. The van der Waals surface area contributed by atoms with Gasteiger partial charge < -0.3 is 0 Å². The van der Waals surface area contributed by atoms with Crippen LogP contribution < -0.4 is 0 Å². The molecule has 0 atom stereocenters. The van der Waals surface area contributed by atoms with E-state index in [1.807, 2.05) is 84.9 Å². The van der Waals surface area contributed by atoms with E-state index in [0.29, 0.717) is 44.9 Å². The lowest BCUT2D eigenvalue weighted by Crippen LogP contribution is -2.14. The first kappa shape index (κ1) is 20.3. The van der Waals surface area contributed by atoms with E-state index in [-0.39, 0.29) is 52.1 Å². The van der Waals surface area contributed by atoms with Gasteiger partial charge >= 0.3 is 0 Å². The predicted octanol–water partition coefficient (Wildman–Crippen LogP) is 12.3. The highest BCUT2D eigenvalue weighted by Crippen LogP contribution is 2.50. The monoisotopic (exact) mass is 636 g/mol. The van der Waals surface area contributed by atoms with Gasteiger partial charge in [-0.1, -0.05) is 171 Å². The summed E-state index contributed by atoms with van der Waals surface area (Å²) < 4.78 is 88.5. The van der Waals surface area contributed by atoms with Crippen molar-refractivity contribution in [3.05, 3.63) is 181 Å². The minimum absolute atomic E-state index is 0.0487. The number of hydrogen-bond acceptors (Lipinski definition) is 2. The van der Waals surface area contributed by atoms with E-state index >= 15 is 0 Å². The number of nitrogens with zero attached hydrogens (tertiary/aromatic N) is 2. The summed E-state index contributed by atoms with van der Waals surface area (Å²) in [6.45, 7) is -5.79.